The number of para-hydroxylation sites is 2. The number of fused-ring (bicyclic) bond motifs is 1. The van der Waals surface area contributed by atoms with Gasteiger partial charge in [0.15, 0.2) is 0 Å². The number of likely N-dealkylation sites (tertiary alicyclic amines) is 1. The van der Waals surface area contributed by atoms with E-state index in [0.29, 0.717) is 32.5 Å². The van der Waals surface area contributed by atoms with Gasteiger partial charge in [0, 0.05) is 13.1 Å². The molecule has 1 aromatic rings. The fourth-order valence-electron chi connectivity index (χ4n) is 3.18. The minimum atomic E-state index is -0.764. The molecule has 0 aliphatic carbocycles. The van der Waals surface area contributed by atoms with Gasteiger partial charge in [0.2, 0.25) is 0 Å². The number of anilines is 1. The summed E-state index contributed by atoms with van der Waals surface area (Å²) in [5, 5.41) is 9.08. The molecule has 124 valence electrons. The fraction of sp³-hybridized carbons (Fsp3) is 0.529. The molecule has 0 saturated carbocycles. The van der Waals surface area contributed by atoms with Gasteiger partial charge in [-0.2, -0.15) is 0 Å². The van der Waals surface area contributed by atoms with Gasteiger partial charge in [-0.05, 0) is 31.4 Å². The van der Waals surface area contributed by atoms with Gasteiger partial charge in [-0.1, -0.05) is 19.1 Å². The van der Waals surface area contributed by atoms with E-state index >= 15 is 0 Å². The summed E-state index contributed by atoms with van der Waals surface area (Å²) in [6, 6.07) is 7.52. The van der Waals surface area contributed by atoms with Crippen LogP contribution in [0.2, 0.25) is 0 Å². The minimum absolute atomic E-state index is 0.00888. The fourth-order valence-corrected chi connectivity index (χ4v) is 3.18. The molecular weight excluding hydrogens is 296 g/mol. The second kappa shape index (κ2) is 6.48. The Bertz CT molecular complexity index is 596. The topological polar surface area (TPSA) is 70.1 Å². The molecule has 1 atom stereocenters. The number of hydrogen-bond donors (Lipinski definition) is 1. The Balaban J connectivity index is 1.76. The molecule has 0 spiro atoms. The normalized spacial score (nSPS) is 21.5. The zero-order valence-electron chi connectivity index (χ0n) is 13.3. The largest absolute Gasteiger partial charge is 0.486 e. The van der Waals surface area contributed by atoms with Gasteiger partial charge in [-0.25, -0.2) is 4.79 Å². The molecule has 2 amide bonds. The molecule has 0 radical (unpaired) electrons. The SMILES string of the molecule is CC[C@@H]1CN(C(=O)N2CCC(C(=O)O)CC2)c2ccccc2O1. The summed E-state index contributed by atoms with van der Waals surface area (Å²) in [4.78, 5) is 27.5. The Hall–Kier alpha value is -2.24. The number of amides is 2. The van der Waals surface area contributed by atoms with Gasteiger partial charge in [-0.3, -0.25) is 9.69 Å². The van der Waals surface area contributed by atoms with Crippen LogP contribution >= 0.6 is 0 Å². The van der Waals surface area contributed by atoms with Crippen molar-refractivity contribution >= 4 is 17.7 Å². The number of aliphatic carboxylic acids is 1. The Labute approximate surface area is 135 Å². The predicted octanol–water partition coefficient (Wildman–Crippen LogP) is 2.58. The van der Waals surface area contributed by atoms with Crippen molar-refractivity contribution in [1.82, 2.24) is 4.90 Å². The maximum Gasteiger partial charge on any atom is 0.324 e. The number of carboxylic acid groups (broad SMARTS) is 1. The molecule has 2 aliphatic rings. The lowest BCUT2D eigenvalue weighted by atomic mass is 9.97. The molecule has 0 aromatic heterocycles. The van der Waals surface area contributed by atoms with Crippen LogP contribution in [0, 0.1) is 5.92 Å². The molecule has 1 fully saturated rings. The van der Waals surface area contributed by atoms with Crippen LogP contribution in [0.25, 0.3) is 0 Å². The smallest absolute Gasteiger partial charge is 0.324 e. The molecule has 2 heterocycles. The zero-order chi connectivity index (χ0) is 16.4. The quantitative estimate of drug-likeness (QED) is 0.910. The van der Waals surface area contributed by atoms with Crippen LogP contribution in [0.3, 0.4) is 0 Å². The predicted molar refractivity (Wildman–Crippen MR) is 85.8 cm³/mol. The average Bonchev–Trinajstić information content (AvgIpc) is 2.60. The maximum atomic E-state index is 12.9. The van der Waals surface area contributed by atoms with Crippen LogP contribution in [0.4, 0.5) is 10.5 Å². The molecule has 1 saturated heterocycles. The first-order valence-electron chi connectivity index (χ1n) is 8.15. The van der Waals surface area contributed by atoms with Gasteiger partial charge in [0.05, 0.1) is 18.2 Å². The number of hydrogen-bond acceptors (Lipinski definition) is 3. The standard InChI is InChI=1S/C17H22N2O4/c1-2-13-11-19(14-5-3-4-6-15(14)23-13)17(22)18-9-7-12(8-10-18)16(20)21/h3-6,12-13H,2,7-11H2,1H3,(H,20,21)/t13-/m1/s1. The first-order chi connectivity index (χ1) is 11.1. The summed E-state index contributed by atoms with van der Waals surface area (Å²) in [5.74, 6) is -0.362. The highest BCUT2D eigenvalue weighted by Gasteiger charge is 2.34. The molecule has 3 rings (SSSR count). The van der Waals surface area contributed by atoms with Crippen molar-refractivity contribution in [3.05, 3.63) is 24.3 Å². The van der Waals surface area contributed by atoms with Gasteiger partial charge < -0.3 is 14.7 Å². The van der Waals surface area contributed by atoms with E-state index in [1.807, 2.05) is 31.2 Å². The van der Waals surface area contributed by atoms with Gasteiger partial charge in [0.1, 0.15) is 11.9 Å². The highest BCUT2D eigenvalue weighted by molar-refractivity contribution is 5.94. The zero-order valence-corrected chi connectivity index (χ0v) is 13.3. The molecule has 0 unspecified atom stereocenters. The van der Waals surface area contributed by atoms with Crippen LogP contribution in [-0.4, -0.2) is 47.7 Å². The van der Waals surface area contributed by atoms with E-state index < -0.39 is 5.97 Å². The second-order valence-electron chi connectivity index (χ2n) is 6.11. The monoisotopic (exact) mass is 318 g/mol. The molecule has 6 heteroatoms. The highest BCUT2D eigenvalue weighted by atomic mass is 16.5. The van der Waals surface area contributed by atoms with Crippen molar-refractivity contribution in [1.29, 1.82) is 0 Å². The molecular formula is C17H22N2O4. The lowest BCUT2D eigenvalue weighted by molar-refractivity contribution is -0.143. The summed E-state index contributed by atoms with van der Waals surface area (Å²) >= 11 is 0. The average molecular weight is 318 g/mol. The number of ether oxygens (including phenoxy) is 1. The van der Waals surface area contributed by atoms with Gasteiger partial charge >= 0.3 is 12.0 Å². The maximum absolute atomic E-state index is 12.9. The van der Waals surface area contributed by atoms with E-state index in [1.165, 1.54) is 0 Å². The minimum Gasteiger partial charge on any atom is -0.486 e. The molecule has 6 nitrogen and oxygen atoms in total. The first-order valence-corrected chi connectivity index (χ1v) is 8.15. The van der Waals surface area contributed by atoms with Crippen molar-refractivity contribution in [3.8, 4) is 5.75 Å². The Morgan fingerprint density at radius 1 is 1.26 bits per heavy atom. The summed E-state index contributed by atoms with van der Waals surface area (Å²) < 4.78 is 5.91. The van der Waals surface area contributed by atoms with E-state index in [0.717, 1.165) is 17.9 Å². The number of carbonyl (C=O) groups is 2. The van der Waals surface area contributed by atoms with Crippen LogP contribution in [0.1, 0.15) is 26.2 Å². The van der Waals surface area contributed by atoms with E-state index in [1.54, 1.807) is 9.80 Å². The number of rotatable bonds is 2. The summed E-state index contributed by atoms with van der Waals surface area (Å²) in [7, 11) is 0. The van der Waals surface area contributed by atoms with Crippen LogP contribution in [-0.2, 0) is 4.79 Å². The van der Waals surface area contributed by atoms with E-state index in [2.05, 4.69) is 0 Å². The van der Waals surface area contributed by atoms with E-state index in [-0.39, 0.29) is 18.1 Å². The number of benzene rings is 1. The number of carbonyl (C=O) groups excluding carboxylic acids is 1. The van der Waals surface area contributed by atoms with Gasteiger partial charge in [-0.15, -0.1) is 0 Å². The van der Waals surface area contributed by atoms with Gasteiger partial charge in [0.25, 0.3) is 0 Å². The van der Waals surface area contributed by atoms with Crippen LogP contribution in [0.5, 0.6) is 5.75 Å². The third kappa shape index (κ3) is 3.11. The van der Waals surface area contributed by atoms with E-state index in [4.69, 9.17) is 9.84 Å². The number of nitrogens with zero attached hydrogens (tertiary/aromatic N) is 2. The Kier molecular flexibility index (Phi) is 4.41. The first kappa shape index (κ1) is 15.6. The second-order valence-corrected chi connectivity index (χ2v) is 6.11. The Morgan fingerprint density at radius 2 is 1.96 bits per heavy atom. The van der Waals surface area contributed by atoms with Crippen molar-refractivity contribution in [3.63, 3.8) is 0 Å². The van der Waals surface area contributed by atoms with Crippen molar-refractivity contribution in [2.75, 3.05) is 24.5 Å². The summed E-state index contributed by atoms with van der Waals surface area (Å²) in [5.41, 5.74) is 0.794. The summed E-state index contributed by atoms with van der Waals surface area (Å²) in [6.07, 6.45) is 1.86. The lowest BCUT2D eigenvalue weighted by Crippen LogP contribution is -2.51. The molecule has 23 heavy (non-hydrogen) atoms. The van der Waals surface area contributed by atoms with Crippen LogP contribution < -0.4 is 9.64 Å². The van der Waals surface area contributed by atoms with Crippen molar-refractivity contribution in [2.24, 2.45) is 5.92 Å². The number of carboxylic acids is 1. The molecule has 1 N–H and O–H groups in total. The lowest BCUT2D eigenvalue weighted by Gasteiger charge is -2.39. The molecule has 2 aliphatic heterocycles. The van der Waals surface area contributed by atoms with E-state index in [9.17, 15) is 9.59 Å². The third-order valence-corrected chi connectivity index (χ3v) is 4.64. The van der Waals surface area contributed by atoms with Crippen molar-refractivity contribution < 1.29 is 19.4 Å². The third-order valence-electron chi connectivity index (χ3n) is 4.64. The van der Waals surface area contributed by atoms with Crippen LogP contribution in [0.15, 0.2) is 24.3 Å². The highest BCUT2D eigenvalue weighted by Crippen LogP contribution is 2.34. The number of piperidine rings is 1. The van der Waals surface area contributed by atoms with Crippen molar-refractivity contribution in [2.45, 2.75) is 32.3 Å². The summed E-state index contributed by atoms with van der Waals surface area (Å²) in [6.45, 7) is 3.56. The number of urea groups is 1. The molecule has 1 aromatic carbocycles. The molecule has 0 bridgehead atoms. The Morgan fingerprint density at radius 3 is 2.61 bits per heavy atom.